The van der Waals surface area contributed by atoms with Gasteiger partial charge >= 0.3 is 0 Å². The SMILES string of the molecule is [B]C1(C)C(S)(C(C)(C)CCC)CCC(C)(C(C)O)C1(S)CC. The maximum Gasteiger partial charge on any atom is 0.0780 e. The lowest BCUT2D eigenvalue weighted by molar-refractivity contribution is -0.0499. The van der Waals surface area contributed by atoms with Crippen LogP contribution >= 0.6 is 25.3 Å². The van der Waals surface area contributed by atoms with Gasteiger partial charge in [0.25, 0.3) is 0 Å². The van der Waals surface area contributed by atoms with Crippen molar-refractivity contribution in [2.45, 2.75) is 101 Å². The largest absolute Gasteiger partial charge is 0.393 e. The van der Waals surface area contributed by atoms with Gasteiger partial charge in [-0.15, -0.1) is 0 Å². The molecule has 0 heterocycles. The van der Waals surface area contributed by atoms with Gasteiger partial charge in [-0.05, 0) is 43.3 Å². The zero-order valence-corrected chi connectivity index (χ0v) is 17.3. The first kappa shape index (κ1) is 20.8. The Labute approximate surface area is 150 Å². The normalized spacial score (nSPS) is 44.8. The van der Waals surface area contributed by atoms with E-state index in [-0.39, 0.29) is 15.6 Å². The van der Waals surface area contributed by atoms with Gasteiger partial charge in [0.05, 0.1) is 14.0 Å². The molecular weight excluding hydrogens is 307 g/mol. The number of hydrogen-bond donors (Lipinski definition) is 3. The van der Waals surface area contributed by atoms with Gasteiger partial charge in [-0.1, -0.05) is 48.0 Å². The van der Waals surface area contributed by atoms with Crippen molar-refractivity contribution in [2.24, 2.45) is 10.8 Å². The van der Waals surface area contributed by atoms with E-state index in [2.05, 4.69) is 41.5 Å². The molecule has 1 saturated carbocycles. The van der Waals surface area contributed by atoms with Crippen LogP contribution in [0.4, 0.5) is 0 Å². The van der Waals surface area contributed by atoms with Gasteiger partial charge in [0.15, 0.2) is 0 Å². The lowest BCUT2D eigenvalue weighted by Crippen LogP contribution is -2.68. The zero-order valence-electron chi connectivity index (χ0n) is 15.5. The van der Waals surface area contributed by atoms with Crippen molar-refractivity contribution in [1.29, 1.82) is 0 Å². The maximum atomic E-state index is 10.5. The molecule has 0 spiro atoms. The Balaban J connectivity index is 3.49. The summed E-state index contributed by atoms with van der Waals surface area (Å²) in [5.74, 6) is 0. The molecule has 1 fully saturated rings. The molecule has 5 atom stereocenters. The monoisotopic (exact) mass is 342 g/mol. The first-order valence-electron chi connectivity index (χ1n) is 8.69. The van der Waals surface area contributed by atoms with Gasteiger partial charge in [-0.2, -0.15) is 25.3 Å². The van der Waals surface area contributed by atoms with Crippen molar-refractivity contribution in [2.75, 3.05) is 0 Å². The van der Waals surface area contributed by atoms with Crippen LogP contribution in [0.5, 0.6) is 0 Å². The summed E-state index contributed by atoms with van der Waals surface area (Å²) in [6.07, 6.45) is 4.37. The van der Waals surface area contributed by atoms with E-state index in [1.807, 2.05) is 6.92 Å². The van der Waals surface area contributed by atoms with Crippen molar-refractivity contribution < 1.29 is 5.11 Å². The molecule has 1 aliphatic rings. The molecular formula is C18H35BOS2. The molecule has 1 aliphatic carbocycles. The maximum absolute atomic E-state index is 10.5. The summed E-state index contributed by atoms with van der Waals surface area (Å²) >= 11 is 10.3. The van der Waals surface area contributed by atoms with E-state index in [4.69, 9.17) is 33.1 Å². The van der Waals surface area contributed by atoms with Crippen LogP contribution in [-0.2, 0) is 0 Å². The van der Waals surface area contributed by atoms with Crippen LogP contribution in [0.1, 0.15) is 80.6 Å². The second-order valence-electron chi connectivity index (χ2n) is 8.50. The predicted molar refractivity (Wildman–Crippen MR) is 106 cm³/mol. The number of aliphatic hydroxyl groups excluding tert-OH is 1. The molecule has 0 bridgehead atoms. The van der Waals surface area contributed by atoms with Gasteiger partial charge in [0.1, 0.15) is 0 Å². The third-order valence-electron chi connectivity index (χ3n) is 7.10. The highest BCUT2D eigenvalue weighted by Gasteiger charge is 2.67. The summed E-state index contributed by atoms with van der Waals surface area (Å²) in [6.45, 7) is 15.0. The standard InChI is InChI=1S/C18H35BOS2/c1-8-10-14(4,5)18(22)12-11-15(6,13(3)20)17(21,9-2)16(18,7)19/h13,20-22H,8-12H2,1-7H3. The van der Waals surface area contributed by atoms with E-state index in [1.165, 1.54) is 0 Å². The molecule has 22 heavy (non-hydrogen) atoms. The molecule has 5 unspecified atom stereocenters. The first-order chi connectivity index (χ1) is 9.77. The molecule has 2 radical (unpaired) electrons. The fourth-order valence-corrected chi connectivity index (χ4v) is 6.03. The lowest BCUT2D eigenvalue weighted by atomic mass is 9.38. The Morgan fingerprint density at radius 3 is 2.05 bits per heavy atom. The van der Waals surface area contributed by atoms with Crippen LogP contribution in [0.2, 0.25) is 5.31 Å². The minimum Gasteiger partial charge on any atom is -0.393 e. The predicted octanol–water partition coefficient (Wildman–Crippen LogP) is 5.09. The van der Waals surface area contributed by atoms with E-state index in [9.17, 15) is 5.11 Å². The third-order valence-corrected chi connectivity index (χ3v) is 9.68. The highest BCUT2D eigenvalue weighted by Crippen LogP contribution is 2.72. The van der Waals surface area contributed by atoms with Crippen molar-refractivity contribution in [3.05, 3.63) is 0 Å². The summed E-state index contributed by atoms with van der Waals surface area (Å²) in [4.78, 5) is 0. The summed E-state index contributed by atoms with van der Waals surface area (Å²) in [5, 5.41) is 9.89. The summed E-state index contributed by atoms with van der Waals surface area (Å²) in [5.41, 5.74) is -0.305. The smallest absolute Gasteiger partial charge is 0.0780 e. The number of rotatable bonds is 5. The molecule has 1 N–H and O–H groups in total. The van der Waals surface area contributed by atoms with Crippen LogP contribution < -0.4 is 0 Å². The average molecular weight is 342 g/mol. The number of thiol groups is 2. The minimum atomic E-state index is -0.594. The Bertz CT molecular complexity index is 410. The van der Waals surface area contributed by atoms with Crippen molar-refractivity contribution in [3.8, 4) is 0 Å². The molecule has 128 valence electrons. The van der Waals surface area contributed by atoms with Gasteiger partial charge in [0.2, 0.25) is 0 Å². The van der Waals surface area contributed by atoms with Gasteiger partial charge in [0, 0.05) is 14.9 Å². The van der Waals surface area contributed by atoms with Gasteiger partial charge in [-0.25, -0.2) is 0 Å². The summed E-state index contributed by atoms with van der Waals surface area (Å²) in [6, 6.07) is 0. The third kappa shape index (κ3) is 2.51. The Kier molecular flexibility index (Phi) is 5.87. The van der Waals surface area contributed by atoms with Crippen LogP contribution in [0.25, 0.3) is 0 Å². The van der Waals surface area contributed by atoms with Crippen LogP contribution in [0.3, 0.4) is 0 Å². The molecule has 0 aromatic carbocycles. The zero-order chi connectivity index (χ0) is 17.6. The van der Waals surface area contributed by atoms with E-state index in [0.717, 1.165) is 32.1 Å². The highest BCUT2D eigenvalue weighted by atomic mass is 32.1. The van der Waals surface area contributed by atoms with Crippen molar-refractivity contribution in [3.63, 3.8) is 0 Å². The van der Waals surface area contributed by atoms with Gasteiger partial charge < -0.3 is 5.11 Å². The van der Waals surface area contributed by atoms with E-state index in [0.29, 0.717) is 0 Å². The van der Waals surface area contributed by atoms with Crippen molar-refractivity contribution >= 4 is 33.1 Å². The van der Waals surface area contributed by atoms with Crippen LogP contribution in [0.15, 0.2) is 0 Å². The summed E-state index contributed by atoms with van der Waals surface area (Å²) < 4.78 is -0.790. The lowest BCUT2D eigenvalue weighted by Gasteiger charge is -2.69. The molecule has 4 heteroatoms. The fraction of sp³-hybridized carbons (Fsp3) is 1.00. The summed E-state index contributed by atoms with van der Waals surface area (Å²) in [7, 11) is 7.01. The molecule has 0 aromatic heterocycles. The highest BCUT2D eigenvalue weighted by molar-refractivity contribution is 7.83. The first-order valence-corrected chi connectivity index (χ1v) is 9.58. The van der Waals surface area contributed by atoms with Crippen molar-refractivity contribution in [1.82, 2.24) is 0 Å². The second kappa shape index (κ2) is 6.22. The molecule has 1 nitrogen and oxygen atoms in total. The second-order valence-corrected chi connectivity index (χ2v) is 10.0. The molecule has 0 aromatic rings. The topological polar surface area (TPSA) is 20.2 Å². The molecule has 0 aliphatic heterocycles. The fourth-order valence-electron chi connectivity index (χ4n) is 5.04. The van der Waals surface area contributed by atoms with Crippen LogP contribution in [-0.4, -0.2) is 28.6 Å². The van der Waals surface area contributed by atoms with E-state index in [1.54, 1.807) is 0 Å². The Morgan fingerprint density at radius 2 is 1.68 bits per heavy atom. The number of hydrogen-bond acceptors (Lipinski definition) is 3. The molecule has 0 amide bonds. The molecule has 0 saturated heterocycles. The van der Waals surface area contributed by atoms with E-state index < -0.39 is 16.2 Å². The van der Waals surface area contributed by atoms with E-state index >= 15 is 0 Å². The van der Waals surface area contributed by atoms with Crippen LogP contribution in [0, 0.1) is 10.8 Å². The molecule has 1 rings (SSSR count). The van der Waals surface area contributed by atoms with Gasteiger partial charge in [-0.3, -0.25) is 0 Å². The number of aliphatic hydroxyl groups is 1. The Hall–Kier alpha value is 0.725. The quantitative estimate of drug-likeness (QED) is 0.470. The Morgan fingerprint density at radius 1 is 1.18 bits per heavy atom. The average Bonchev–Trinajstić information content (AvgIpc) is 2.40. The minimum absolute atomic E-state index is 0.0114.